The molecule has 1 heterocycles. The molecular formula is C13H18BrNO3. The summed E-state index contributed by atoms with van der Waals surface area (Å²) >= 11 is 3.42. The van der Waals surface area contributed by atoms with Crippen LogP contribution in [-0.4, -0.2) is 49.5 Å². The maximum atomic E-state index is 9.83. The number of benzene rings is 1. The first-order valence-corrected chi connectivity index (χ1v) is 6.68. The largest absolute Gasteiger partial charge is 0.508 e. The summed E-state index contributed by atoms with van der Waals surface area (Å²) in [5.74, 6) is 0.327. The molecule has 0 aliphatic carbocycles. The Bertz CT molecular complexity index is 401. The molecule has 1 fully saturated rings. The van der Waals surface area contributed by atoms with Gasteiger partial charge in [0, 0.05) is 43.9 Å². The van der Waals surface area contributed by atoms with Crippen LogP contribution in [0.25, 0.3) is 0 Å². The molecule has 0 bridgehead atoms. The maximum Gasteiger partial charge on any atom is 0.120 e. The fourth-order valence-corrected chi connectivity index (χ4v) is 2.73. The third-order valence-electron chi connectivity index (χ3n) is 3.33. The van der Waals surface area contributed by atoms with E-state index in [-0.39, 0.29) is 12.2 Å². The normalized spacial score (nSPS) is 24.6. The van der Waals surface area contributed by atoms with E-state index in [2.05, 4.69) is 20.8 Å². The summed E-state index contributed by atoms with van der Waals surface area (Å²) in [6.45, 7) is 2.34. The fourth-order valence-electron chi connectivity index (χ4n) is 2.32. The zero-order chi connectivity index (χ0) is 13.1. The number of rotatable bonds is 4. The van der Waals surface area contributed by atoms with Gasteiger partial charge < -0.3 is 14.6 Å². The Kier molecular flexibility index (Phi) is 4.61. The lowest BCUT2D eigenvalue weighted by Crippen LogP contribution is -2.27. The van der Waals surface area contributed by atoms with E-state index >= 15 is 0 Å². The van der Waals surface area contributed by atoms with E-state index in [1.165, 1.54) is 0 Å². The van der Waals surface area contributed by atoms with E-state index in [1.54, 1.807) is 20.3 Å². The van der Waals surface area contributed by atoms with Crippen molar-refractivity contribution in [1.82, 2.24) is 4.90 Å². The van der Waals surface area contributed by atoms with Gasteiger partial charge in [0.2, 0.25) is 0 Å². The van der Waals surface area contributed by atoms with Crippen LogP contribution in [0.5, 0.6) is 5.75 Å². The minimum atomic E-state index is 0.101. The molecule has 1 aliphatic heterocycles. The van der Waals surface area contributed by atoms with Crippen molar-refractivity contribution in [2.45, 2.75) is 18.8 Å². The molecule has 0 saturated carbocycles. The monoisotopic (exact) mass is 315 g/mol. The lowest BCUT2D eigenvalue weighted by molar-refractivity contribution is -0.00461. The van der Waals surface area contributed by atoms with Crippen LogP contribution in [0.3, 0.4) is 0 Å². The molecule has 0 spiro atoms. The second-order valence-corrected chi connectivity index (χ2v) is 5.43. The van der Waals surface area contributed by atoms with Crippen LogP contribution in [0.15, 0.2) is 22.7 Å². The highest BCUT2D eigenvalue weighted by Gasteiger charge is 2.32. The van der Waals surface area contributed by atoms with E-state index < -0.39 is 0 Å². The summed E-state index contributed by atoms with van der Waals surface area (Å²) in [4.78, 5) is 2.23. The zero-order valence-corrected chi connectivity index (χ0v) is 12.2. The van der Waals surface area contributed by atoms with Gasteiger partial charge in [-0.3, -0.25) is 4.90 Å². The minimum Gasteiger partial charge on any atom is -0.508 e. The molecule has 0 amide bonds. The summed E-state index contributed by atoms with van der Waals surface area (Å²) in [6, 6.07) is 5.48. The van der Waals surface area contributed by atoms with Crippen LogP contribution in [0.4, 0.5) is 0 Å². The average molecular weight is 316 g/mol. The summed E-state index contributed by atoms with van der Waals surface area (Å²) in [7, 11) is 3.41. The van der Waals surface area contributed by atoms with E-state index in [9.17, 15) is 5.11 Å². The predicted molar refractivity (Wildman–Crippen MR) is 72.7 cm³/mol. The van der Waals surface area contributed by atoms with E-state index in [0.717, 1.165) is 23.1 Å². The van der Waals surface area contributed by atoms with Gasteiger partial charge in [0.15, 0.2) is 0 Å². The molecule has 2 unspecified atom stereocenters. The van der Waals surface area contributed by atoms with Crippen LogP contribution >= 0.6 is 15.9 Å². The van der Waals surface area contributed by atoms with Crippen molar-refractivity contribution in [3.05, 3.63) is 28.2 Å². The van der Waals surface area contributed by atoms with Gasteiger partial charge in [-0.25, -0.2) is 0 Å². The van der Waals surface area contributed by atoms with Crippen LogP contribution < -0.4 is 0 Å². The van der Waals surface area contributed by atoms with Gasteiger partial charge in [-0.05, 0) is 18.2 Å². The molecule has 4 nitrogen and oxygen atoms in total. The number of halogens is 1. The Balaban J connectivity index is 2.04. The highest BCUT2D eigenvalue weighted by atomic mass is 79.9. The minimum absolute atomic E-state index is 0.101. The van der Waals surface area contributed by atoms with Gasteiger partial charge >= 0.3 is 0 Å². The molecule has 5 heteroatoms. The third kappa shape index (κ3) is 3.03. The first-order valence-electron chi connectivity index (χ1n) is 5.89. The number of likely N-dealkylation sites (tertiary alicyclic amines) is 1. The average Bonchev–Trinajstić information content (AvgIpc) is 2.76. The number of aromatic hydroxyl groups is 1. The Morgan fingerprint density at radius 1 is 1.28 bits per heavy atom. The second-order valence-electron chi connectivity index (χ2n) is 4.52. The van der Waals surface area contributed by atoms with Crippen LogP contribution in [0, 0.1) is 0 Å². The first kappa shape index (κ1) is 13.8. The summed E-state index contributed by atoms with van der Waals surface area (Å²) in [6.07, 6.45) is 0.202. The van der Waals surface area contributed by atoms with Crippen molar-refractivity contribution in [2.24, 2.45) is 0 Å². The number of hydrogen-bond acceptors (Lipinski definition) is 4. The van der Waals surface area contributed by atoms with Gasteiger partial charge in [-0.15, -0.1) is 0 Å². The third-order valence-corrected chi connectivity index (χ3v) is 3.83. The van der Waals surface area contributed by atoms with Crippen molar-refractivity contribution < 1.29 is 14.6 Å². The first-order chi connectivity index (χ1) is 8.63. The number of ether oxygens (including phenoxy) is 2. The summed E-state index contributed by atoms with van der Waals surface area (Å²) in [5, 5.41) is 9.83. The molecule has 0 radical (unpaired) electrons. The highest BCUT2D eigenvalue weighted by Crippen LogP contribution is 2.25. The number of nitrogens with zero attached hydrogens (tertiary/aromatic N) is 1. The second kappa shape index (κ2) is 6.02. The Hall–Kier alpha value is -0.620. The molecule has 1 saturated heterocycles. The molecule has 1 N–H and O–H groups in total. The Morgan fingerprint density at radius 3 is 2.44 bits per heavy atom. The number of methoxy groups -OCH3 is 2. The standard InChI is InChI=1S/C13H18BrNO3/c1-17-12-7-15(8-13(12)18-2)6-9-5-10(14)3-4-11(9)16/h3-5,12-13,16H,6-8H2,1-2H3. The smallest absolute Gasteiger partial charge is 0.120 e. The summed E-state index contributed by atoms with van der Waals surface area (Å²) < 4.78 is 11.8. The summed E-state index contributed by atoms with van der Waals surface area (Å²) in [5.41, 5.74) is 0.913. The lowest BCUT2D eigenvalue weighted by atomic mass is 10.2. The van der Waals surface area contributed by atoms with E-state index in [4.69, 9.17) is 9.47 Å². The molecule has 0 aromatic heterocycles. The molecule has 18 heavy (non-hydrogen) atoms. The highest BCUT2D eigenvalue weighted by molar-refractivity contribution is 9.10. The topological polar surface area (TPSA) is 41.9 Å². The number of hydrogen-bond donors (Lipinski definition) is 1. The van der Waals surface area contributed by atoms with Gasteiger partial charge in [0.25, 0.3) is 0 Å². The van der Waals surface area contributed by atoms with Crippen LogP contribution in [-0.2, 0) is 16.0 Å². The van der Waals surface area contributed by atoms with Gasteiger partial charge in [-0.2, -0.15) is 0 Å². The van der Waals surface area contributed by atoms with Crippen LogP contribution in [0.1, 0.15) is 5.56 Å². The van der Waals surface area contributed by atoms with Crippen molar-refractivity contribution in [3.8, 4) is 5.75 Å². The number of phenols is 1. The van der Waals surface area contributed by atoms with Gasteiger partial charge in [0.1, 0.15) is 5.75 Å². The van der Waals surface area contributed by atoms with Crippen molar-refractivity contribution in [2.75, 3.05) is 27.3 Å². The Morgan fingerprint density at radius 2 is 1.89 bits per heavy atom. The lowest BCUT2D eigenvalue weighted by Gasteiger charge is -2.16. The fraction of sp³-hybridized carbons (Fsp3) is 0.538. The van der Waals surface area contributed by atoms with E-state index in [1.807, 2.05) is 12.1 Å². The zero-order valence-electron chi connectivity index (χ0n) is 10.6. The molecule has 1 aliphatic rings. The van der Waals surface area contributed by atoms with Gasteiger partial charge in [0.05, 0.1) is 12.2 Å². The maximum absolute atomic E-state index is 9.83. The van der Waals surface area contributed by atoms with Crippen LogP contribution in [0.2, 0.25) is 0 Å². The number of phenolic OH excluding ortho intramolecular Hbond substituents is 1. The molecule has 100 valence electrons. The van der Waals surface area contributed by atoms with Crippen molar-refractivity contribution in [1.29, 1.82) is 0 Å². The van der Waals surface area contributed by atoms with Gasteiger partial charge in [-0.1, -0.05) is 15.9 Å². The van der Waals surface area contributed by atoms with Crippen molar-refractivity contribution >= 4 is 15.9 Å². The quantitative estimate of drug-likeness (QED) is 0.923. The van der Waals surface area contributed by atoms with Crippen molar-refractivity contribution in [3.63, 3.8) is 0 Å². The molecule has 1 aromatic carbocycles. The molecule has 2 atom stereocenters. The Labute approximate surface area is 116 Å². The SMILES string of the molecule is COC1CN(Cc2cc(Br)ccc2O)CC1OC. The molecule has 1 aromatic rings. The molecular weight excluding hydrogens is 298 g/mol. The molecule has 2 rings (SSSR count). The predicted octanol–water partition coefficient (Wildman–Crippen LogP) is 2.00. The van der Waals surface area contributed by atoms with E-state index in [0.29, 0.717) is 12.3 Å².